The van der Waals surface area contributed by atoms with Crippen molar-refractivity contribution in [2.75, 3.05) is 18.4 Å². The van der Waals surface area contributed by atoms with Gasteiger partial charge in [0, 0.05) is 35.6 Å². The summed E-state index contributed by atoms with van der Waals surface area (Å²) in [7, 11) is 0. The highest BCUT2D eigenvalue weighted by Crippen LogP contribution is 2.29. The number of rotatable bonds is 4. The summed E-state index contributed by atoms with van der Waals surface area (Å²) in [5.41, 5.74) is 1.07. The van der Waals surface area contributed by atoms with Crippen LogP contribution in [-0.4, -0.2) is 34.8 Å². The number of aromatic nitrogens is 1. The van der Waals surface area contributed by atoms with E-state index in [2.05, 4.69) is 10.3 Å². The largest absolute Gasteiger partial charge is 0.339 e. The van der Waals surface area contributed by atoms with Gasteiger partial charge in [0.25, 0.3) is 5.91 Å². The predicted molar refractivity (Wildman–Crippen MR) is 120 cm³/mol. The summed E-state index contributed by atoms with van der Waals surface area (Å²) in [6.45, 7) is 2.77. The minimum Gasteiger partial charge on any atom is -0.339 e. The van der Waals surface area contributed by atoms with E-state index in [0.717, 1.165) is 6.07 Å². The molecule has 2 heterocycles. The maximum absolute atomic E-state index is 14.0. The Hall–Kier alpha value is -3.06. The fraction of sp³-hybridized carbons (Fsp3) is 0.292. The molecule has 1 aliphatic heterocycles. The van der Waals surface area contributed by atoms with Crippen molar-refractivity contribution in [2.24, 2.45) is 11.8 Å². The lowest BCUT2D eigenvalue weighted by Crippen LogP contribution is -2.41. The normalized spacial score (nSPS) is 15.6. The molecule has 5 nitrogen and oxygen atoms in total. The molecule has 1 fully saturated rings. The summed E-state index contributed by atoms with van der Waals surface area (Å²) in [5, 5.41) is 3.37. The maximum atomic E-state index is 14.0. The highest BCUT2D eigenvalue weighted by Gasteiger charge is 2.31. The van der Waals surface area contributed by atoms with Gasteiger partial charge in [-0.1, -0.05) is 18.5 Å². The Morgan fingerprint density at radius 3 is 2.59 bits per heavy atom. The fourth-order valence-corrected chi connectivity index (χ4v) is 4.29. The van der Waals surface area contributed by atoms with Gasteiger partial charge in [0.15, 0.2) is 0 Å². The summed E-state index contributed by atoms with van der Waals surface area (Å²) in [6, 6.07) is 9.90. The number of benzene rings is 2. The number of amides is 2. The molecule has 1 aromatic heterocycles. The first kappa shape index (κ1) is 22.1. The molecule has 0 spiro atoms. The zero-order chi connectivity index (χ0) is 22.8. The predicted octanol–water partition coefficient (Wildman–Crippen LogP) is 5.29. The number of nitrogens with zero attached hydrogens (tertiary/aromatic N) is 2. The molecule has 8 heteroatoms. The van der Waals surface area contributed by atoms with Crippen LogP contribution in [-0.2, 0) is 4.79 Å². The van der Waals surface area contributed by atoms with E-state index in [-0.39, 0.29) is 34.4 Å². The van der Waals surface area contributed by atoms with E-state index >= 15 is 0 Å². The van der Waals surface area contributed by atoms with Gasteiger partial charge in [-0.2, -0.15) is 0 Å². The standard InChI is InChI=1S/C24H22ClF2N3O2/c1-14(23(31)29-22-4-2-16(25)12-20(22)27)15-7-10-30(11-8-15)24(32)18-6-9-28-21-5-3-17(26)13-19(18)21/h2-6,9,12-15H,7-8,10-11H2,1H3,(H,29,31)/t14-/m1/s1. The highest BCUT2D eigenvalue weighted by atomic mass is 35.5. The van der Waals surface area contributed by atoms with Gasteiger partial charge in [-0.15, -0.1) is 0 Å². The van der Waals surface area contributed by atoms with Crippen LogP contribution in [0.15, 0.2) is 48.7 Å². The van der Waals surface area contributed by atoms with Gasteiger partial charge >= 0.3 is 0 Å². The molecule has 0 aliphatic carbocycles. The Morgan fingerprint density at radius 2 is 1.88 bits per heavy atom. The first-order valence-corrected chi connectivity index (χ1v) is 10.8. The third kappa shape index (κ3) is 4.58. The molecule has 166 valence electrons. The second kappa shape index (κ2) is 9.20. The molecular formula is C24H22ClF2N3O2. The number of likely N-dealkylation sites (tertiary alicyclic amines) is 1. The van der Waals surface area contributed by atoms with Gasteiger partial charge in [0.1, 0.15) is 11.6 Å². The van der Waals surface area contributed by atoms with E-state index in [0.29, 0.717) is 42.4 Å². The number of carbonyl (C=O) groups excluding carboxylic acids is 2. The van der Waals surface area contributed by atoms with E-state index < -0.39 is 11.6 Å². The van der Waals surface area contributed by atoms with E-state index in [9.17, 15) is 18.4 Å². The number of anilines is 1. The van der Waals surface area contributed by atoms with Crippen molar-refractivity contribution >= 4 is 40.0 Å². The lowest BCUT2D eigenvalue weighted by Gasteiger charge is -2.34. The zero-order valence-electron chi connectivity index (χ0n) is 17.4. The SMILES string of the molecule is C[C@@H](C(=O)Nc1ccc(Cl)cc1F)C1CCN(C(=O)c2ccnc3ccc(F)cc23)CC1. The smallest absolute Gasteiger partial charge is 0.254 e. The van der Waals surface area contributed by atoms with Gasteiger partial charge in [-0.3, -0.25) is 14.6 Å². The van der Waals surface area contributed by atoms with Crippen molar-refractivity contribution < 1.29 is 18.4 Å². The third-order valence-corrected chi connectivity index (χ3v) is 6.31. The molecule has 1 aliphatic rings. The quantitative estimate of drug-likeness (QED) is 0.578. The van der Waals surface area contributed by atoms with Crippen LogP contribution in [0.2, 0.25) is 5.02 Å². The maximum Gasteiger partial charge on any atom is 0.254 e. The molecular weight excluding hydrogens is 436 g/mol. The summed E-state index contributed by atoms with van der Waals surface area (Å²) < 4.78 is 27.7. The second-order valence-corrected chi connectivity index (χ2v) is 8.49. The van der Waals surface area contributed by atoms with Crippen LogP contribution in [0.3, 0.4) is 0 Å². The second-order valence-electron chi connectivity index (χ2n) is 8.05. The number of nitrogens with one attached hydrogen (secondary N) is 1. The molecule has 2 amide bonds. The number of piperidine rings is 1. The Labute approximate surface area is 189 Å². The van der Waals surface area contributed by atoms with Crippen LogP contribution in [0.4, 0.5) is 14.5 Å². The first-order valence-electron chi connectivity index (χ1n) is 10.4. The molecule has 0 bridgehead atoms. The fourth-order valence-electron chi connectivity index (χ4n) is 4.13. The van der Waals surface area contributed by atoms with Crippen molar-refractivity contribution in [1.29, 1.82) is 0 Å². The van der Waals surface area contributed by atoms with Crippen LogP contribution in [0.5, 0.6) is 0 Å². The number of halogens is 3. The molecule has 0 radical (unpaired) electrons. The average molecular weight is 458 g/mol. The molecule has 32 heavy (non-hydrogen) atoms. The summed E-state index contributed by atoms with van der Waals surface area (Å²) in [4.78, 5) is 31.6. The Morgan fingerprint density at radius 1 is 1.12 bits per heavy atom. The van der Waals surface area contributed by atoms with E-state index in [1.54, 1.807) is 23.2 Å². The topological polar surface area (TPSA) is 62.3 Å². The van der Waals surface area contributed by atoms with E-state index in [4.69, 9.17) is 11.6 Å². The third-order valence-electron chi connectivity index (χ3n) is 6.07. The van der Waals surface area contributed by atoms with E-state index in [1.165, 1.54) is 24.3 Å². The number of carbonyl (C=O) groups is 2. The summed E-state index contributed by atoms with van der Waals surface area (Å²) in [5.74, 6) is -1.75. The minimum atomic E-state index is -0.584. The van der Waals surface area contributed by atoms with Crippen LogP contribution in [0.1, 0.15) is 30.1 Å². The van der Waals surface area contributed by atoms with Crippen molar-refractivity contribution in [3.05, 3.63) is 70.9 Å². The van der Waals surface area contributed by atoms with Crippen molar-refractivity contribution in [3.8, 4) is 0 Å². The van der Waals surface area contributed by atoms with Crippen LogP contribution < -0.4 is 5.32 Å². The van der Waals surface area contributed by atoms with Crippen molar-refractivity contribution in [3.63, 3.8) is 0 Å². The molecule has 1 saturated heterocycles. The van der Waals surface area contributed by atoms with Crippen LogP contribution in [0.25, 0.3) is 10.9 Å². The summed E-state index contributed by atoms with van der Waals surface area (Å²) in [6.07, 6.45) is 2.82. The molecule has 0 saturated carbocycles. The Kier molecular flexibility index (Phi) is 6.37. The monoisotopic (exact) mass is 457 g/mol. The van der Waals surface area contributed by atoms with Gasteiger partial charge < -0.3 is 10.2 Å². The number of pyridine rings is 1. The van der Waals surface area contributed by atoms with E-state index in [1.807, 2.05) is 6.92 Å². The number of hydrogen-bond acceptors (Lipinski definition) is 3. The van der Waals surface area contributed by atoms with Gasteiger partial charge in [-0.05, 0) is 61.2 Å². The Bertz CT molecular complexity index is 1180. The Balaban J connectivity index is 1.40. The van der Waals surface area contributed by atoms with Gasteiger partial charge in [-0.25, -0.2) is 8.78 Å². The highest BCUT2D eigenvalue weighted by molar-refractivity contribution is 6.30. The molecule has 1 N–H and O–H groups in total. The molecule has 0 unspecified atom stereocenters. The molecule has 2 aromatic carbocycles. The molecule has 4 rings (SSSR count). The van der Waals surface area contributed by atoms with Gasteiger partial charge in [0.05, 0.1) is 16.8 Å². The van der Waals surface area contributed by atoms with Crippen molar-refractivity contribution in [1.82, 2.24) is 9.88 Å². The first-order chi connectivity index (χ1) is 15.3. The lowest BCUT2D eigenvalue weighted by atomic mass is 9.84. The van der Waals surface area contributed by atoms with Crippen LogP contribution in [0, 0.1) is 23.5 Å². The summed E-state index contributed by atoms with van der Waals surface area (Å²) >= 11 is 5.75. The van der Waals surface area contributed by atoms with Gasteiger partial charge in [0.2, 0.25) is 5.91 Å². The zero-order valence-corrected chi connectivity index (χ0v) is 18.2. The minimum absolute atomic E-state index is 0.0565. The number of hydrogen-bond donors (Lipinski definition) is 1. The molecule has 3 aromatic rings. The number of fused-ring (bicyclic) bond motifs is 1. The average Bonchev–Trinajstić information content (AvgIpc) is 2.79. The molecule has 1 atom stereocenters. The van der Waals surface area contributed by atoms with Crippen molar-refractivity contribution in [2.45, 2.75) is 19.8 Å². The lowest BCUT2D eigenvalue weighted by molar-refractivity contribution is -0.121. The van der Waals surface area contributed by atoms with Crippen LogP contribution >= 0.6 is 11.6 Å².